The van der Waals surface area contributed by atoms with Crippen molar-refractivity contribution < 1.29 is 19.1 Å². The lowest BCUT2D eigenvalue weighted by Gasteiger charge is -2.34. The summed E-state index contributed by atoms with van der Waals surface area (Å²) in [5, 5.41) is 2.99. The highest BCUT2D eigenvalue weighted by Gasteiger charge is 2.54. The van der Waals surface area contributed by atoms with Crippen LogP contribution in [0.1, 0.15) is 43.2 Å². The molecule has 6 nitrogen and oxygen atoms in total. The van der Waals surface area contributed by atoms with Gasteiger partial charge in [0.1, 0.15) is 5.75 Å². The number of urea groups is 1. The van der Waals surface area contributed by atoms with Crippen molar-refractivity contribution in [3.05, 3.63) is 63.6 Å². The van der Waals surface area contributed by atoms with E-state index < -0.39 is 17.5 Å². The molecule has 4 rings (SSSR count). The number of nitrogens with one attached hydrogen (secondary N) is 1. The minimum Gasteiger partial charge on any atom is -0.426 e. The molecule has 31 heavy (non-hydrogen) atoms. The number of imide groups is 1. The quantitative estimate of drug-likeness (QED) is 0.399. The number of ether oxygens (including phenoxy) is 1. The zero-order valence-electron chi connectivity index (χ0n) is 17.0. The van der Waals surface area contributed by atoms with Gasteiger partial charge in [-0.25, -0.2) is 4.79 Å². The first-order valence-corrected chi connectivity index (χ1v) is 11.0. The van der Waals surface area contributed by atoms with Crippen molar-refractivity contribution in [2.24, 2.45) is 5.92 Å². The number of carbonyl (C=O) groups excluding carboxylic acids is 3. The second kappa shape index (κ2) is 8.52. The van der Waals surface area contributed by atoms with E-state index in [0.717, 1.165) is 32.1 Å². The smallest absolute Gasteiger partial charge is 0.325 e. The molecule has 0 aromatic heterocycles. The van der Waals surface area contributed by atoms with Crippen molar-refractivity contribution >= 4 is 41.1 Å². The first kappa shape index (κ1) is 21.7. The molecule has 0 radical (unpaired) electrons. The first-order chi connectivity index (χ1) is 14.8. The topological polar surface area (TPSA) is 75.7 Å². The van der Waals surface area contributed by atoms with Crippen LogP contribution in [0.25, 0.3) is 0 Å². The van der Waals surface area contributed by atoms with Crippen LogP contribution in [0.2, 0.25) is 10.0 Å². The van der Waals surface area contributed by atoms with Gasteiger partial charge in [0.25, 0.3) is 5.91 Å². The Morgan fingerprint density at radius 3 is 2.23 bits per heavy atom. The van der Waals surface area contributed by atoms with E-state index in [9.17, 15) is 14.4 Å². The van der Waals surface area contributed by atoms with Gasteiger partial charge in [-0.3, -0.25) is 14.9 Å². The summed E-state index contributed by atoms with van der Waals surface area (Å²) in [5.74, 6) is -0.390. The first-order valence-electron chi connectivity index (χ1n) is 10.2. The minimum absolute atomic E-state index is 0.0691. The van der Waals surface area contributed by atoms with Gasteiger partial charge < -0.3 is 9.64 Å². The number of benzene rings is 2. The van der Waals surface area contributed by atoms with Crippen LogP contribution in [-0.4, -0.2) is 29.9 Å². The molecule has 162 valence electrons. The van der Waals surface area contributed by atoms with Crippen LogP contribution in [0.4, 0.5) is 4.79 Å². The predicted octanol–water partition coefficient (Wildman–Crippen LogP) is 4.90. The van der Waals surface area contributed by atoms with E-state index in [0.29, 0.717) is 21.9 Å². The van der Waals surface area contributed by atoms with Crippen molar-refractivity contribution in [2.45, 2.75) is 37.6 Å². The number of amides is 3. The largest absolute Gasteiger partial charge is 0.426 e. The summed E-state index contributed by atoms with van der Waals surface area (Å²) in [4.78, 5) is 39.2. The van der Waals surface area contributed by atoms with E-state index in [-0.39, 0.29) is 16.9 Å². The second-order valence-electron chi connectivity index (χ2n) is 7.94. The van der Waals surface area contributed by atoms with Gasteiger partial charge in [0.15, 0.2) is 5.54 Å². The highest BCUT2D eigenvalue weighted by Crippen LogP contribution is 2.41. The van der Waals surface area contributed by atoms with Crippen LogP contribution in [0.5, 0.6) is 5.75 Å². The van der Waals surface area contributed by atoms with Crippen LogP contribution in [-0.2, 0) is 15.1 Å². The number of rotatable bonds is 4. The molecule has 0 spiro atoms. The summed E-state index contributed by atoms with van der Waals surface area (Å²) < 4.78 is 5.56. The molecule has 1 unspecified atom stereocenters. The summed E-state index contributed by atoms with van der Waals surface area (Å²) >= 11 is 12.3. The number of hydrogen-bond acceptors (Lipinski definition) is 4. The molecule has 1 atom stereocenters. The van der Waals surface area contributed by atoms with Crippen molar-refractivity contribution in [3.8, 4) is 5.75 Å². The molecule has 2 aliphatic rings. The van der Waals surface area contributed by atoms with E-state index >= 15 is 0 Å². The van der Waals surface area contributed by atoms with Crippen molar-refractivity contribution in [3.63, 3.8) is 0 Å². The summed E-state index contributed by atoms with van der Waals surface area (Å²) in [6.45, 7) is 0. The van der Waals surface area contributed by atoms with Crippen molar-refractivity contribution in [1.29, 1.82) is 0 Å². The number of nitrogens with zero attached hydrogens (tertiary/aromatic N) is 1. The van der Waals surface area contributed by atoms with Crippen LogP contribution in [0.15, 0.2) is 42.5 Å². The molecule has 1 N–H and O–H groups in total. The van der Waals surface area contributed by atoms with Gasteiger partial charge in [-0.05, 0) is 48.2 Å². The van der Waals surface area contributed by atoms with E-state index in [1.54, 1.807) is 49.5 Å². The normalized spacial score (nSPS) is 21.8. The fourth-order valence-electron chi connectivity index (χ4n) is 4.42. The van der Waals surface area contributed by atoms with Gasteiger partial charge in [-0.1, -0.05) is 60.7 Å². The summed E-state index contributed by atoms with van der Waals surface area (Å²) in [6.07, 6.45) is 4.94. The standard InChI is InChI=1S/C23H22Cl2N2O4/c1-27-22(30)26-21(29)23(27,16-9-12-18(24)19(25)13-16)15-7-10-17(11-8-15)31-20(28)14-5-3-2-4-6-14/h7-14H,2-6H2,1H3,(H,26,29,30). The Kier molecular flexibility index (Phi) is 5.95. The maximum Gasteiger partial charge on any atom is 0.325 e. The molecule has 1 aliphatic carbocycles. The van der Waals surface area contributed by atoms with Crippen LogP contribution in [0.3, 0.4) is 0 Å². The third-order valence-corrected chi connectivity index (χ3v) is 6.86. The highest BCUT2D eigenvalue weighted by molar-refractivity contribution is 6.42. The lowest BCUT2D eigenvalue weighted by Crippen LogP contribution is -2.45. The Labute approximate surface area is 190 Å². The van der Waals surface area contributed by atoms with Gasteiger partial charge in [0.2, 0.25) is 0 Å². The molecule has 1 aliphatic heterocycles. The number of likely N-dealkylation sites (N-methyl/N-ethyl adjacent to an activating group) is 1. The summed E-state index contributed by atoms with van der Waals surface area (Å²) in [7, 11) is 1.54. The second-order valence-corrected chi connectivity index (χ2v) is 8.75. The van der Waals surface area contributed by atoms with Crippen molar-refractivity contribution in [2.75, 3.05) is 7.05 Å². The Bertz CT molecular complexity index is 1030. The van der Waals surface area contributed by atoms with Crippen LogP contribution in [0, 0.1) is 5.92 Å². The monoisotopic (exact) mass is 460 g/mol. The molecule has 8 heteroatoms. The minimum atomic E-state index is -1.42. The van der Waals surface area contributed by atoms with Crippen LogP contribution < -0.4 is 10.1 Å². The number of carbonyl (C=O) groups is 3. The van der Waals surface area contributed by atoms with E-state index in [1.165, 1.54) is 4.90 Å². The van der Waals surface area contributed by atoms with E-state index in [2.05, 4.69) is 5.32 Å². The van der Waals surface area contributed by atoms with Gasteiger partial charge in [-0.15, -0.1) is 0 Å². The molecule has 2 aromatic carbocycles. The molecular formula is C23H22Cl2N2O4. The fraction of sp³-hybridized carbons (Fsp3) is 0.348. The molecule has 1 saturated heterocycles. The number of hydrogen-bond donors (Lipinski definition) is 1. The highest BCUT2D eigenvalue weighted by atomic mass is 35.5. The van der Waals surface area contributed by atoms with Crippen LogP contribution >= 0.6 is 23.2 Å². The predicted molar refractivity (Wildman–Crippen MR) is 117 cm³/mol. The zero-order chi connectivity index (χ0) is 22.2. The average molecular weight is 461 g/mol. The van der Waals surface area contributed by atoms with Crippen molar-refractivity contribution in [1.82, 2.24) is 10.2 Å². The lowest BCUT2D eigenvalue weighted by atomic mass is 9.81. The Balaban J connectivity index is 1.68. The Morgan fingerprint density at radius 1 is 1.00 bits per heavy atom. The maximum atomic E-state index is 13.0. The van der Waals surface area contributed by atoms with Gasteiger partial charge in [0, 0.05) is 7.05 Å². The van der Waals surface area contributed by atoms with E-state index in [1.807, 2.05) is 0 Å². The van der Waals surface area contributed by atoms with Gasteiger partial charge in [-0.2, -0.15) is 0 Å². The summed E-state index contributed by atoms with van der Waals surface area (Å²) in [6, 6.07) is 10.9. The molecule has 0 bridgehead atoms. The lowest BCUT2D eigenvalue weighted by molar-refractivity contribution is -0.140. The van der Waals surface area contributed by atoms with Gasteiger partial charge >= 0.3 is 12.0 Å². The van der Waals surface area contributed by atoms with Gasteiger partial charge in [0.05, 0.1) is 16.0 Å². The SMILES string of the molecule is CN1C(=O)NC(=O)C1(c1ccc(OC(=O)C2CCCCC2)cc1)c1ccc(Cl)c(Cl)c1. The third kappa shape index (κ3) is 3.79. The Hall–Kier alpha value is -2.57. The average Bonchev–Trinajstić information content (AvgIpc) is 3.00. The number of esters is 1. The molecule has 2 fully saturated rings. The molecular weight excluding hydrogens is 439 g/mol. The molecule has 1 heterocycles. The third-order valence-electron chi connectivity index (χ3n) is 6.12. The zero-order valence-corrected chi connectivity index (χ0v) is 18.5. The molecule has 1 saturated carbocycles. The fourth-order valence-corrected chi connectivity index (χ4v) is 4.71. The van der Waals surface area contributed by atoms with E-state index in [4.69, 9.17) is 27.9 Å². The molecule has 2 aromatic rings. The summed E-state index contributed by atoms with van der Waals surface area (Å²) in [5.41, 5.74) is -0.383. The Morgan fingerprint density at radius 2 is 1.65 bits per heavy atom. The maximum absolute atomic E-state index is 13.0. The number of halogens is 2. The molecule has 3 amide bonds.